The smallest absolute Gasteiger partial charge is 0.121 e. The van der Waals surface area contributed by atoms with Gasteiger partial charge in [0.2, 0.25) is 0 Å². The van der Waals surface area contributed by atoms with E-state index in [1.807, 2.05) is 0 Å². The summed E-state index contributed by atoms with van der Waals surface area (Å²) in [6.45, 7) is 3.22. The van der Waals surface area contributed by atoms with E-state index < -0.39 is 0 Å². The van der Waals surface area contributed by atoms with Crippen LogP contribution in [0.2, 0.25) is 0 Å². The van der Waals surface area contributed by atoms with E-state index in [4.69, 9.17) is 4.74 Å². The van der Waals surface area contributed by atoms with E-state index in [-0.39, 0.29) is 0 Å². The van der Waals surface area contributed by atoms with Crippen molar-refractivity contribution in [2.75, 3.05) is 7.11 Å². The molecule has 1 aliphatic carbocycles. The zero-order valence-corrected chi connectivity index (χ0v) is 10.3. The molecule has 1 saturated carbocycles. The molecule has 0 aromatic heterocycles. The topological polar surface area (TPSA) is 25.8 Å². The van der Waals surface area contributed by atoms with E-state index in [2.05, 4.69) is 30.4 Å². The molecule has 0 amide bonds. The summed E-state index contributed by atoms with van der Waals surface area (Å²) in [5, 5.41) is 2.49. The Morgan fingerprint density at radius 1 is 1.31 bits per heavy atom. The normalized spacial score (nSPS) is 16.6. The number of aryl methyl sites for hydroxylation is 1. The summed E-state index contributed by atoms with van der Waals surface area (Å²) in [4.78, 5) is 0. The Morgan fingerprint density at radius 2 is 2.06 bits per heavy atom. The second-order valence-corrected chi connectivity index (χ2v) is 4.79. The molecule has 2 rings (SSSR count). The Balaban J connectivity index is 1.91. The SMILES string of the molecule is COc1ccc(C[NH2+]C2CCCC2)cc1C. The summed E-state index contributed by atoms with van der Waals surface area (Å²) in [7, 11) is 1.73. The van der Waals surface area contributed by atoms with Crippen LogP contribution in [0.15, 0.2) is 18.2 Å². The van der Waals surface area contributed by atoms with Gasteiger partial charge in [-0.05, 0) is 56.4 Å². The molecule has 2 heteroatoms. The lowest BCUT2D eigenvalue weighted by Crippen LogP contribution is -2.87. The minimum atomic E-state index is 0.863. The molecule has 0 aliphatic heterocycles. The summed E-state index contributed by atoms with van der Waals surface area (Å²) >= 11 is 0. The van der Waals surface area contributed by atoms with E-state index in [0.717, 1.165) is 18.3 Å². The molecule has 2 N–H and O–H groups in total. The van der Waals surface area contributed by atoms with Crippen molar-refractivity contribution in [2.45, 2.75) is 45.2 Å². The van der Waals surface area contributed by atoms with Crippen LogP contribution >= 0.6 is 0 Å². The fourth-order valence-corrected chi connectivity index (χ4v) is 2.56. The second kappa shape index (κ2) is 5.35. The summed E-state index contributed by atoms with van der Waals surface area (Å²) in [6, 6.07) is 7.36. The monoisotopic (exact) mass is 220 g/mol. The number of nitrogens with two attached hydrogens (primary N) is 1. The van der Waals surface area contributed by atoms with Crippen LogP contribution in [-0.4, -0.2) is 13.2 Å². The maximum Gasteiger partial charge on any atom is 0.121 e. The fourth-order valence-electron chi connectivity index (χ4n) is 2.56. The number of quaternary nitrogens is 1. The van der Waals surface area contributed by atoms with Gasteiger partial charge in [-0.3, -0.25) is 0 Å². The highest BCUT2D eigenvalue weighted by Gasteiger charge is 2.17. The molecule has 0 bridgehead atoms. The molecule has 2 nitrogen and oxygen atoms in total. The molecule has 0 atom stereocenters. The lowest BCUT2D eigenvalue weighted by molar-refractivity contribution is -0.703. The molecule has 1 aromatic rings. The van der Waals surface area contributed by atoms with Crippen LogP contribution in [0.25, 0.3) is 0 Å². The molecule has 0 saturated heterocycles. The molecule has 0 heterocycles. The van der Waals surface area contributed by atoms with Crippen molar-refractivity contribution in [3.8, 4) is 5.75 Å². The third-order valence-corrected chi connectivity index (χ3v) is 3.55. The van der Waals surface area contributed by atoms with E-state index >= 15 is 0 Å². The Kier molecular flexibility index (Phi) is 3.83. The van der Waals surface area contributed by atoms with Gasteiger partial charge in [0.15, 0.2) is 0 Å². The summed E-state index contributed by atoms with van der Waals surface area (Å²) in [6.07, 6.45) is 5.63. The van der Waals surface area contributed by atoms with Crippen molar-refractivity contribution in [1.29, 1.82) is 0 Å². The van der Waals surface area contributed by atoms with Gasteiger partial charge in [0.05, 0.1) is 13.2 Å². The Bertz CT molecular complexity index is 343. The first kappa shape index (κ1) is 11.5. The van der Waals surface area contributed by atoms with Crippen molar-refractivity contribution in [1.82, 2.24) is 0 Å². The third kappa shape index (κ3) is 2.76. The number of hydrogen-bond acceptors (Lipinski definition) is 1. The highest BCUT2D eigenvalue weighted by Crippen LogP contribution is 2.18. The van der Waals surface area contributed by atoms with Crippen LogP contribution in [0.1, 0.15) is 36.8 Å². The van der Waals surface area contributed by atoms with Crippen LogP contribution < -0.4 is 10.1 Å². The van der Waals surface area contributed by atoms with Gasteiger partial charge in [0.25, 0.3) is 0 Å². The van der Waals surface area contributed by atoms with Crippen molar-refractivity contribution in [3.63, 3.8) is 0 Å². The fraction of sp³-hybridized carbons (Fsp3) is 0.571. The number of rotatable bonds is 4. The van der Waals surface area contributed by atoms with Crippen molar-refractivity contribution in [3.05, 3.63) is 29.3 Å². The summed E-state index contributed by atoms with van der Waals surface area (Å²) in [5.74, 6) is 0.990. The summed E-state index contributed by atoms with van der Waals surface area (Å²) < 4.78 is 5.27. The standard InChI is InChI=1S/C14H21NO/c1-11-9-12(7-8-14(11)16-2)10-15-13-5-3-4-6-13/h7-9,13,15H,3-6,10H2,1-2H3/p+1. The first-order valence-corrected chi connectivity index (χ1v) is 6.26. The van der Waals surface area contributed by atoms with Gasteiger partial charge < -0.3 is 10.1 Å². The quantitative estimate of drug-likeness (QED) is 0.825. The van der Waals surface area contributed by atoms with E-state index in [0.29, 0.717) is 0 Å². The first-order chi connectivity index (χ1) is 7.79. The van der Waals surface area contributed by atoms with Gasteiger partial charge in [-0.1, -0.05) is 0 Å². The van der Waals surface area contributed by atoms with E-state index in [9.17, 15) is 0 Å². The molecule has 0 spiro atoms. The van der Waals surface area contributed by atoms with Gasteiger partial charge in [0.1, 0.15) is 12.3 Å². The number of ether oxygens (including phenoxy) is 1. The maximum atomic E-state index is 5.27. The zero-order chi connectivity index (χ0) is 11.4. The van der Waals surface area contributed by atoms with Crippen molar-refractivity contribution >= 4 is 0 Å². The van der Waals surface area contributed by atoms with Crippen LogP contribution in [0, 0.1) is 6.92 Å². The van der Waals surface area contributed by atoms with Crippen molar-refractivity contribution in [2.24, 2.45) is 0 Å². The number of benzene rings is 1. The zero-order valence-electron chi connectivity index (χ0n) is 10.3. The molecular weight excluding hydrogens is 198 g/mol. The second-order valence-electron chi connectivity index (χ2n) is 4.79. The highest BCUT2D eigenvalue weighted by atomic mass is 16.5. The first-order valence-electron chi connectivity index (χ1n) is 6.26. The van der Waals surface area contributed by atoms with Gasteiger partial charge in [-0.25, -0.2) is 0 Å². The molecule has 1 fully saturated rings. The maximum absolute atomic E-state index is 5.27. The number of hydrogen-bond donors (Lipinski definition) is 1. The lowest BCUT2D eigenvalue weighted by Gasteiger charge is -2.10. The molecule has 0 unspecified atom stereocenters. The Hall–Kier alpha value is -1.02. The minimum absolute atomic E-state index is 0.863. The Morgan fingerprint density at radius 3 is 2.69 bits per heavy atom. The largest absolute Gasteiger partial charge is 0.496 e. The van der Waals surface area contributed by atoms with Gasteiger partial charge in [0, 0.05) is 5.56 Å². The van der Waals surface area contributed by atoms with E-state index in [1.165, 1.54) is 36.8 Å². The van der Waals surface area contributed by atoms with Crippen molar-refractivity contribution < 1.29 is 10.1 Å². The summed E-state index contributed by atoms with van der Waals surface area (Å²) in [5.41, 5.74) is 2.64. The minimum Gasteiger partial charge on any atom is -0.496 e. The third-order valence-electron chi connectivity index (χ3n) is 3.55. The van der Waals surface area contributed by atoms with Crippen LogP contribution in [0.3, 0.4) is 0 Å². The predicted octanol–water partition coefficient (Wildman–Crippen LogP) is 2.01. The van der Waals surface area contributed by atoms with E-state index in [1.54, 1.807) is 7.11 Å². The molecule has 16 heavy (non-hydrogen) atoms. The van der Waals surface area contributed by atoms with Crippen LogP contribution in [0.5, 0.6) is 5.75 Å². The van der Waals surface area contributed by atoms with Gasteiger partial charge in [-0.15, -0.1) is 0 Å². The van der Waals surface area contributed by atoms with Gasteiger partial charge in [-0.2, -0.15) is 0 Å². The molecule has 88 valence electrons. The van der Waals surface area contributed by atoms with Crippen LogP contribution in [-0.2, 0) is 6.54 Å². The predicted molar refractivity (Wildman–Crippen MR) is 65.6 cm³/mol. The molecular formula is C14H22NO+. The lowest BCUT2D eigenvalue weighted by atomic mass is 10.1. The average molecular weight is 220 g/mol. The molecule has 1 aliphatic rings. The molecule has 0 radical (unpaired) electrons. The average Bonchev–Trinajstić information content (AvgIpc) is 2.79. The molecule has 1 aromatic carbocycles. The van der Waals surface area contributed by atoms with Gasteiger partial charge >= 0.3 is 0 Å². The highest BCUT2D eigenvalue weighted by molar-refractivity contribution is 5.35. The van der Waals surface area contributed by atoms with Crippen LogP contribution in [0.4, 0.5) is 0 Å². The number of methoxy groups -OCH3 is 1. The Labute approximate surface area is 98.0 Å².